The molecule has 8 nitrogen and oxygen atoms in total. The van der Waals surface area contributed by atoms with Gasteiger partial charge in [0.25, 0.3) is 11.8 Å². The number of likely N-dealkylation sites (N-methyl/N-ethyl adjacent to an activating group) is 1. The van der Waals surface area contributed by atoms with Crippen LogP contribution in [0, 0.1) is 0 Å². The van der Waals surface area contributed by atoms with Crippen LogP contribution < -0.4 is 24.4 Å². The Balaban J connectivity index is 1.78. The number of ether oxygens (including phenoxy) is 3. The third kappa shape index (κ3) is 4.31. The van der Waals surface area contributed by atoms with Gasteiger partial charge in [0.2, 0.25) is 0 Å². The van der Waals surface area contributed by atoms with Crippen LogP contribution in [-0.4, -0.2) is 51.0 Å². The van der Waals surface area contributed by atoms with Crippen molar-refractivity contribution in [1.29, 1.82) is 0 Å². The molecule has 0 spiro atoms. The first-order valence-electron chi connectivity index (χ1n) is 9.04. The number of hydrogen-bond acceptors (Lipinski definition) is 6. The maximum Gasteiger partial charge on any atom is 0.265 e. The molecule has 1 atom stereocenters. The summed E-state index contributed by atoms with van der Waals surface area (Å²) >= 11 is 0. The van der Waals surface area contributed by atoms with E-state index in [0.717, 1.165) is 0 Å². The summed E-state index contributed by atoms with van der Waals surface area (Å²) in [5, 5.41) is 2.54. The van der Waals surface area contributed by atoms with Crippen molar-refractivity contribution >= 4 is 23.3 Å². The van der Waals surface area contributed by atoms with E-state index in [1.165, 1.54) is 26.0 Å². The van der Waals surface area contributed by atoms with Crippen molar-refractivity contribution in [2.45, 2.75) is 13.0 Å². The summed E-state index contributed by atoms with van der Waals surface area (Å²) in [5.41, 5.74) is 1.05. The molecule has 0 aromatic heterocycles. The highest BCUT2D eigenvalue weighted by Gasteiger charge is 2.33. The summed E-state index contributed by atoms with van der Waals surface area (Å²) in [6.07, 6.45) is -0.816. The Morgan fingerprint density at radius 3 is 2.62 bits per heavy atom. The number of carbonyl (C=O) groups excluding carboxylic acids is 3. The smallest absolute Gasteiger partial charge is 0.265 e. The molecule has 0 saturated heterocycles. The minimum atomic E-state index is -0.816. The molecule has 0 unspecified atom stereocenters. The number of ketones is 1. The molecule has 1 heterocycles. The lowest BCUT2D eigenvalue weighted by Crippen LogP contribution is -2.51. The molecule has 2 aromatic carbocycles. The molecular formula is C21H22N2O6. The van der Waals surface area contributed by atoms with Crippen LogP contribution in [0.5, 0.6) is 17.2 Å². The van der Waals surface area contributed by atoms with Gasteiger partial charge in [-0.3, -0.25) is 14.4 Å². The second kappa shape index (κ2) is 8.64. The number of rotatable bonds is 6. The SMILES string of the molecule is CNC(=O)[C@@H]1CN(C(=O)COc2ccc(C(C)=O)cc2OC)c2ccccc2O1. The minimum Gasteiger partial charge on any atom is -0.493 e. The van der Waals surface area contributed by atoms with Crippen LogP contribution in [-0.2, 0) is 9.59 Å². The Morgan fingerprint density at radius 1 is 1.17 bits per heavy atom. The lowest BCUT2D eigenvalue weighted by Gasteiger charge is -2.33. The maximum atomic E-state index is 12.9. The van der Waals surface area contributed by atoms with E-state index in [1.807, 2.05) is 0 Å². The third-order valence-electron chi connectivity index (χ3n) is 4.53. The lowest BCUT2D eigenvalue weighted by atomic mass is 10.1. The molecule has 0 radical (unpaired) electrons. The second-order valence-corrected chi connectivity index (χ2v) is 6.40. The van der Waals surface area contributed by atoms with Crippen LogP contribution in [0.25, 0.3) is 0 Å². The number of methoxy groups -OCH3 is 1. The van der Waals surface area contributed by atoms with E-state index >= 15 is 0 Å². The number of carbonyl (C=O) groups is 3. The van der Waals surface area contributed by atoms with Crippen LogP contribution in [0.15, 0.2) is 42.5 Å². The fourth-order valence-corrected chi connectivity index (χ4v) is 2.99. The summed E-state index contributed by atoms with van der Waals surface area (Å²) in [7, 11) is 2.97. The van der Waals surface area contributed by atoms with Crippen molar-refractivity contribution in [3.63, 3.8) is 0 Å². The predicted octanol–water partition coefficient (Wildman–Crippen LogP) is 1.82. The maximum absolute atomic E-state index is 12.9. The van der Waals surface area contributed by atoms with Crippen molar-refractivity contribution in [3.05, 3.63) is 48.0 Å². The van der Waals surface area contributed by atoms with Crippen LogP contribution in [0.1, 0.15) is 17.3 Å². The number of nitrogens with zero attached hydrogens (tertiary/aromatic N) is 1. The Hall–Kier alpha value is -3.55. The summed E-state index contributed by atoms with van der Waals surface area (Å²) in [4.78, 5) is 37.9. The molecule has 2 amide bonds. The van der Waals surface area contributed by atoms with E-state index in [4.69, 9.17) is 14.2 Å². The van der Waals surface area contributed by atoms with Gasteiger partial charge in [0.05, 0.1) is 19.3 Å². The van der Waals surface area contributed by atoms with Gasteiger partial charge in [-0.2, -0.15) is 0 Å². The fourth-order valence-electron chi connectivity index (χ4n) is 2.99. The summed E-state index contributed by atoms with van der Waals surface area (Å²) < 4.78 is 16.6. The number of para-hydroxylation sites is 2. The van der Waals surface area contributed by atoms with Gasteiger partial charge in [0.1, 0.15) is 5.75 Å². The van der Waals surface area contributed by atoms with Gasteiger partial charge >= 0.3 is 0 Å². The topological polar surface area (TPSA) is 94.2 Å². The quantitative estimate of drug-likeness (QED) is 0.746. The molecular weight excluding hydrogens is 376 g/mol. The number of benzene rings is 2. The van der Waals surface area contributed by atoms with E-state index in [0.29, 0.717) is 28.5 Å². The first-order valence-corrected chi connectivity index (χ1v) is 9.04. The van der Waals surface area contributed by atoms with Crippen molar-refractivity contribution < 1.29 is 28.6 Å². The van der Waals surface area contributed by atoms with E-state index in [2.05, 4.69) is 5.32 Å². The molecule has 1 aliphatic heterocycles. The van der Waals surface area contributed by atoms with Crippen LogP contribution >= 0.6 is 0 Å². The third-order valence-corrected chi connectivity index (χ3v) is 4.53. The van der Waals surface area contributed by atoms with Crippen LogP contribution in [0.2, 0.25) is 0 Å². The number of hydrogen-bond donors (Lipinski definition) is 1. The Kier molecular flexibility index (Phi) is 6.01. The van der Waals surface area contributed by atoms with Gasteiger partial charge in [-0.25, -0.2) is 0 Å². The highest BCUT2D eigenvalue weighted by molar-refractivity contribution is 5.98. The van der Waals surface area contributed by atoms with E-state index in [1.54, 1.807) is 42.5 Å². The van der Waals surface area contributed by atoms with Gasteiger partial charge in [-0.05, 0) is 37.3 Å². The molecule has 0 saturated carbocycles. The van der Waals surface area contributed by atoms with E-state index < -0.39 is 6.10 Å². The largest absolute Gasteiger partial charge is 0.493 e. The molecule has 1 N–H and O–H groups in total. The van der Waals surface area contributed by atoms with Crippen LogP contribution in [0.3, 0.4) is 0 Å². The van der Waals surface area contributed by atoms with Gasteiger partial charge in [0, 0.05) is 12.6 Å². The number of nitrogens with one attached hydrogen (secondary N) is 1. The zero-order valence-corrected chi connectivity index (χ0v) is 16.4. The van der Waals surface area contributed by atoms with Crippen molar-refractivity contribution in [2.75, 3.05) is 32.2 Å². The van der Waals surface area contributed by atoms with Crippen molar-refractivity contribution in [1.82, 2.24) is 5.32 Å². The summed E-state index contributed by atoms with van der Waals surface area (Å²) in [6.45, 7) is 1.25. The number of Topliss-reactive ketones (excluding diaryl/α,β-unsaturated/α-hetero) is 1. The molecule has 29 heavy (non-hydrogen) atoms. The number of fused-ring (bicyclic) bond motifs is 1. The predicted molar refractivity (Wildman–Crippen MR) is 106 cm³/mol. The highest BCUT2D eigenvalue weighted by Crippen LogP contribution is 2.34. The molecule has 1 aliphatic rings. The van der Waals surface area contributed by atoms with E-state index in [-0.39, 0.29) is 30.7 Å². The zero-order chi connectivity index (χ0) is 21.0. The Morgan fingerprint density at radius 2 is 1.93 bits per heavy atom. The van der Waals surface area contributed by atoms with Crippen LogP contribution in [0.4, 0.5) is 5.69 Å². The van der Waals surface area contributed by atoms with Crippen molar-refractivity contribution in [3.8, 4) is 17.2 Å². The summed E-state index contributed by atoms with van der Waals surface area (Å²) in [6, 6.07) is 11.8. The molecule has 0 fully saturated rings. The standard InChI is InChI=1S/C21H22N2O6/c1-13(24)14-8-9-17(18(10-14)27-3)28-12-20(25)23-11-19(21(26)22-2)29-16-7-5-4-6-15(16)23/h4-10,19H,11-12H2,1-3H3,(H,22,26)/t19-/m0/s1. The van der Waals surface area contributed by atoms with Gasteiger partial charge < -0.3 is 24.4 Å². The average Bonchev–Trinajstić information content (AvgIpc) is 2.75. The van der Waals surface area contributed by atoms with Gasteiger partial charge in [0.15, 0.2) is 30.0 Å². The first-order chi connectivity index (χ1) is 13.9. The van der Waals surface area contributed by atoms with E-state index in [9.17, 15) is 14.4 Å². The molecule has 0 aliphatic carbocycles. The Labute approximate surface area is 168 Å². The number of anilines is 1. The molecule has 152 valence electrons. The minimum absolute atomic E-state index is 0.0687. The number of amides is 2. The fraction of sp³-hybridized carbons (Fsp3) is 0.286. The van der Waals surface area contributed by atoms with Gasteiger partial charge in [-0.15, -0.1) is 0 Å². The average molecular weight is 398 g/mol. The van der Waals surface area contributed by atoms with Gasteiger partial charge in [-0.1, -0.05) is 12.1 Å². The lowest BCUT2D eigenvalue weighted by molar-refractivity contribution is -0.128. The molecule has 2 aromatic rings. The monoisotopic (exact) mass is 398 g/mol. The first kappa shape index (κ1) is 20.2. The summed E-state index contributed by atoms with van der Waals surface area (Å²) in [5.74, 6) is 0.388. The Bertz CT molecular complexity index is 943. The zero-order valence-electron chi connectivity index (χ0n) is 16.4. The molecule has 3 rings (SSSR count). The normalized spacial score (nSPS) is 15.0. The highest BCUT2D eigenvalue weighted by atomic mass is 16.5. The molecule has 0 bridgehead atoms. The molecule has 8 heteroatoms. The second-order valence-electron chi connectivity index (χ2n) is 6.40. The van der Waals surface area contributed by atoms with Crippen molar-refractivity contribution in [2.24, 2.45) is 0 Å².